The van der Waals surface area contributed by atoms with E-state index in [1.165, 1.54) is 0 Å². The predicted molar refractivity (Wildman–Crippen MR) is 84.1 cm³/mol. The molecule has 3 heteroatoms. The molecule has 0 spiro atoms. The molecule has 0 bridgehead atoms. The smallest absolute Gasteiger partial charge is 0.234 e. The molecule has 0 unspecified atom stereocenters. The standard InChI is InChI=1S/C18H21NO2/c1-19-17(21)18(13-8-14-20,15-9-4-2-5-10-15)16-11-6-3-7-12-16/h2-7,9-12,20H,8,13-14H2,1H3,(H,19,21). The number of carbonyl (C=O) groups is 1. The summed E-state index contributed by atoms with van der Waals surface area (Å²) in [5, 5.41) is 12.0. The average Bonchev–Trinajstić information content (AvgIpc) is 2.57. The second-order valence-corrected chi connectivity index (χ2v) is 5.04. The number of hydrogen-bond acceptors (Lipinski definition) is 2. The lowest BCUT2D eigenvalue weighted by Crippen LogP contribution is -2.44. The number of amides is 1. The minimum atomic E-state index is -0.764. The molecule has 0 saturated heterocycles. The van der Waals surface area contributed by atoms with Crippen LogP contribution in [-0.4, -0.2) is 24.7 Å². The average molecular weight is 283 g/mol. The largest absolute Gasteiger partial charge is 0.396 e. The zero-order valence-electron chi connectivity index (χ0n) is 12.3. The summed E-state index contributed by atoms with van der Waals surface area (Å²) in [7, 11) is 1.65. The van der Waals surface area contributed by atoms with E-state index < -0.39 is 5.41 Å². The van der Waals surface area contributed by atoms with Crippen LogP contribution in [0.5, 0.6) is 0 Å². The van der Waals surface area contributed by atoms with E-state index in [9.17, 15) is 9.90 Å². The van der Waals surface area contributed by atoms with Gasteiger partial charge in [-0.3, -0.25) is 4.79 Å². The summed E-state index contributed by atoms with van der Waals surface area (Å²) >= 11 is 0. The maximum Gasteiger partial charge on any atom is 0.234 e. The highest BCUT2D eigenvalue weighted by Crippen LogP contribution is 2.37. The third-order valence-corrected chi connectivity index (χ3v) is 3.86. The van der Waals surface area contributed by atoms with E-state index in [1.807, 2.05) is 60.7 Å². The summed E-state index contributed by atoms with van der Waals surface area (Å²) in [5.41, 5.74) is 1.13. The summed E-state index contributed by atoms with van der Waals surface area (Å²) in [5.74, 6) is -0.0478. The van der Waals surface area contributed by atoms with E-state index in [-0.39, 0.29) is 12.5 Å². The van der Waals surface area contributed by atoms with E-state index in [0.717, 1.165) is 11.1 Å². The Kier molecular flexibility index (Phi) is 5.12. The van der Waals surface area contributed by atoms with Crippen LogP contribution < -0.4 is 5.32 Å². The van der Waals surface area contributed by atoms with Crippen LogP contribution in [0.1, 0.15) is 24.0 Å². The van der Waals surface area contributed by atoms with Gasteiger partial charge in [0.05, 0.1) is 5.41 Å². The number of nitrogens with one attached hydrogen (secondary N) is 1. The van der Waals surface area contributed by atoms with Crippen molar-refractivity contribution in [1.82, 2.24) is 5.32 Å². The summed E-state index contributed by atoms with van der Waals surface area (Å²) < 4.78 is 0. The quantitative estimate of drug-likeness (QED) is 0.855. The van der Waals surface area contributed by atoms with Crippen LogP contribution in [0.15, 0.2) is 60.7 Å². The molecular weight excluding hydrogens is 262 g/mol. The lowest BCUT2D eigenvalue weighted by molar-refractivity contribution is -0.125. The molecule has 2 N–H and O–H groups in total. The molecule has 0 aliphatic carbocycles. The monoisotopic (exact) mass is 283 g/mol. The minimum absolute atomic E-state index is 0.0478. The SMILES string of the molecule is CNC(=O)C(CCCO)(c1ccccc1)c1ccccc1. The van der Waals surface area contributed by atoms with Gasteiger partial charge in [0.25, 0.3) is 0 Å². The molecule has 0 radical (unpaired) electrons. The number of hydrogen-bond donors (Lipinski definition) is 2. The van der Waals surface area contributed by atoms with Crippen LogP contribution in [0.3, 0.4) is 0 Å². The third-order valence-electron chi connectivity index (χ3n) is 3.86. The Bertz CT molecular complexity index is 527. The Morgan fingerprint density at radius 1 is 1.00 bits per heavy atom. The van der Waals surface area contributed by atoms with Crippen LogP contribution in [-0.2, 0) is 10.2 Å². The van der Waals surface area contributed by atoms with Gasteiger partial charge in [-0.1, -0.05) is 60.7 Å². The van der Waals surface area contributed by atoms with Gasteiger partial charge in [0, 0.05) is 13.7 Å². The molecule has 110 valence electrons. The lowest BCUT2D eigenvalue weighted by Gasteiger charge is -2.33. The van der Waals surface area contributed by atoms with Gasteiger partial charge >= 0.3 is 0 Å². The van der Waals surface area contributed by atoms with Crippen molar-refractivity contribution in [2.45, 2.75) is 18.3 Å². The third kappa shape index (κ3) is 2.98. The van der Waals surface area contributed by atoms with Gasteiger partial charge in [-0.25, -0.2) is 0 Å². The fraction of sp³-hybridized carbons (Fsp3) is 0.278. The number of rotatable bonds is 6. The Morgan fingerprint density at radius 3 is 1.86 bits per heavy atom. The van der Waals surface area contributed by atoms with Crippen molar-refractivity contribution in [2.75, 3.05) is 13.7 Å². The highest BCUT2D eigenvalue weighted by molar-refractivity contribution is 5.91. The zero-order chi connectivity index (χ0) is 15.1. The minimum Gasteiger partial charge on any atom is -0.396 e. The van der Waals surface area contributed by atoms with Crippen LogP contribution in [0, 0.1) is 0 Å². The van der Waals surface area contributed by atoms with Crippen LogP contribution in [0.4, 0.5) is 0 Å². The summed E-state index contributed by atoms with van der Waals surface area (Å²) in [6.45, 7) is 0.0679. The molecule has 1 amide bonds. The van der Waals surface area contributed by atoms with Crippen molar-refractivity contribution in [3.63, 3.8) is 0 Å². The molecule has 0 aliphatic heterocycles. The first-order valence-corrected chi connectivity index (χ1v) is 7.20. The van der Waals surface area contributed by atoms with Crippen molar-refractivity contribution in [1.29, 1.82) is 0 Å². The number of aliphatic hydroxyl groups is 1. The van der Waals surface area contributed by atoms with Crippen molar-refractivity contribution in [3.8, 4) is 0 Å². The number of carbonyl (C=O) groups excluding carboxylic acids is 1. The molecule has 2 aromatic rings. The van der Waals surface area contributed by atoms with Crippen molar-refractivity contribution >= 4 is 5.91 Å². The maximum atomic E-state index is 12.7. The first kappa shape index (κ1) is 15.3. The van der Waals surface area contributed by atoms with Gasteiger partial charge in [0.1, 0.15) is 0 Å². The topological polar surface area (TPSA) is 49.3 Å². The van der Waals surface area contributed by atoms with Gasteiger partial charge in [0.15, 0.2) is 0 Å². The molecule has 3 nitrogen and oxygen atoms in total. The fourth-order valence-electron chi connectivity index (χ4n) is 2.83. The number of benzene rings is 2. The van der Waals surface area contributed by atoms with Crippen molar-refractivity contribution in [3.05, 3.63) is 71.8 Å². The molecule has 0 atom stereocenters. The first-order valence-electron chi connectivity index (χ1n) is 7.20. The summed E-state index contributed by atoms with van der Waals surface area (Å²) in [4.78, 5) is 12.7. The van der Waals surface area contributed by atoms with Gasteiger partial charge < -0.3 is 10.4 Å². The van der Waals surface area contributed by atoms with Crippen LogP contribution >= 0.6 is 0 Å². The Hall–Kier alpha value is -2.13. The molecule has 2 rings (SSSR count). The first-order chi connectivity index (χ1) is 10.3. The Labute approximate surface area is 125 Å². The molecule has 2 aromatic carbocycles. The molecule has 0 saturated carbocycles. The van der Waals surface area contributed by atoms with E-state index in [2.05, 4.69) is 5.32 Å². The van der Waals surface area contributed by atoms with E-state index >= 15 is 0 Å². The van der Waals surface area contributed by atoms with Gasteiger partial charge in [-0.05, 0) is 24.0 Å². The molecule has 0 fully saturated rings. The van der Waals surface area contributed by atoms with Gasteiger partial charge in [-0.2, -0.15) is 0 Å². The van der Waals surface area contributed by atoms with Crippen LogP contribution in [0.2, 0.25) is 0 Å². The maximum absolute atomic E-state index is 12.7. The Morgan fingerprint density at radius 2 is 1.48 bits per heavy atom. The lowest BCUT2D eigenvalue weighted by atomic mass is 9.70. The number of likely N-dealkylation sites (N-methyl/N-ethyl adjacent to an activating group) is 1. The van der Waals surface area contributed by atoms with Gasteiger partial charge in [-0.15, -0.1) is 0 Å². The van der Waals surface area contributed by atoms with E-state index in [4.69, 9.17) is 0 Å². The molecular formula is C18H21NO2. The van der Waals surface area contributed by atoms with Crippen molar-refractivity contribution < 1.29 is 9.90 Å². The van der Waals surface area contributed by atoms with Gasteiger partial charge in [0.2, 0.25) is 5.91 Å². The Balaban J connectivity index is 2.62. The molecule has 0 heterocycles. The zero-order valence-corrected chi connectivity index (χ0v) is 12.3. The number of aliphatic hydroxyl groups excluding tert-OH is 1. The normalized spacial score (nSPS) is 11.1. The molecule has 0 aliphatic rings. The van der Waals surface area contributed by atoms with E-state index in [1.54, 1.807) is 7.05 Å². The molecule has 0 aromatic heterocycles. The predicted octanol–water partition coefficient (Wildman–Crippen LogP) is 2.49. The fourth-order valence-corrected chi connectivity index (χ4v) is 2.83. The van der Waals surface area contributed by atoms with Crippen LogP contribution in [0.25, 0.3) is 0 Å². The van der Waals surface area contributed by atoms with E-state index in [0.29, 0.717) is 12.8 Å². The second-order valence-electron chi connectivity index (χ2n) is 5.04. The summed E-state index contributed by atoms with van der Waals surface area (Å²) in [6, 6.07) is 19.5. The van der Waals surface area contributed by atoms with Crippen molar-refractivity contribution in [2.24, 2.45) is 0 Å². The highest BCUT2D eigenvalue weighted by atomic mass is 16.3. The molecule has 21 heavy (non-hydrogen) atoms. The second kappa shape index (κ2) is 7.04. The highest BCUT2D eigenvalue weighted by Gasteiger charge is 2.40. The summed E-state index contributed by atoms with van der Waals surface area (Å²) in [6.07, 6.45) is 1.13.